The van der Waals surface area contributed by atoms with Crippen LogP contribution in [-0.4, -0.2) is 150 Å². The number of hydrogen-bond acceptors (Lipinski definition) is 13. The molecule has 0 aromatic heterocycles. The number of rotatable bonds is 26. The molecule has 0 saturated carbocycles. The van der Waals surface area contributed by atoms with Crippen molar-refractivity contribution in [1.29, 1.82) is 0 Å². The van der Waals surface area contributed by atoms with Crippen molar-refractivity contribution in [2.75, 3.05) is 39.3 Å². The van der Waals surface area contributed by atoms with E-state index in [1.807, 2.05) is 0 Å². The lowest BCUT2D eigenvalue weighted by Gasteiger charge is -2.27. The van der Waals surface area contributed by atoms with Crippen LogP contribution in [0.1, 0.15) is 46.6 Å². The number of carboxylic acids is 1. The largest absolute Gasteiger partial charge is 0.480 e. The van der Waals surface area contributed by atoms with E-state index in [2.05, 4.69) is 47.9 Å². The third kappa shape index (κ3) is 20.0. The van der Waals surface area contributed by atoms with E-state index in [9.17, 15) is 58.2 Å². The highest BCUT2D eigenvalue weighted by Gasteiger charge is 2.33. The highest BCUT2D eigenvalue weighted by atomic mass is 16.4. The number of benzene rings is 1. The lowest BCUT2D eigenvalue weighted by Crippen LogP contribution is -2.61. The molecule has 0 saturated heterocycles. The Hall–Kier alpha value is -6.20. The fourth-order valence-corrected chi connectivity index (χ4v) is 5.21. The average Bonchev–Trinajstić information content (AvgIpc) is 3.19. The first-order valence-electron chi connectivity index (χ1n) is 19.0. The van der Waals surface area contributed by atoms with Gasteiger partial charge < -0.3 is 68.9 Å². The molecule has 14 N–H and O–H groups in total. The fraction of sp³-hybridized carbons (Fsp3) is 0.568. The number of carbonyl (C=O) groups is 10. The Morgan fingerprint density at radius 2 is 1.07 bits per heavy atom. The second-order valence-electron chi connectivity index (χ2n) is 14.3. The van der Waals surface area contributed by atoms with Crippen LogP contribution < -0.4 is 53.6 Å². The molecule has 6 atom stereocenters. The Morgan fingerprint density at radius 3 is 1.58 bits per heavy atom. The van der Waals surface area contributed by atoms with Gasteiger partial charge in [0.05, 0.1) is 38.9 Å². The molecule has 60 heavy (non-hydrogen) atoms. The molecule has 0 heterocycles. The monoisotopic (exact) mass is 850 g/mol. The zero-order chi connectivity index (χ0) is 45.5. The Balaban J connectivity index is 2.81. The average molecular weight is 851 g/mol. The lowest BCUT2D eigenvalue weighted by atomic mass is 10.0. The number of aliphatic carboxylic acids is 1. The maximum atomic E-state index is 13.4. The minimum absolute atomic E-state index is 0.00751. The van der Waals surface area contributed by atoms with Crippen LogP contribution in [-0.2, 0) is 54.4 Å². The second kappa shape index (κ2) is 26.7. The van der Waals surface area contributed by atoms with Crippen molar-refractivity contribution >= 4 is 59.1 Å². The summed E-state index contributed by atoms with van der Waals surface area (Å²) in [5.74, 6) is -9.50. The molecule has 0 aliphatic carbocycles. The molecule has 1 aromatic rings. The third-order valence-corrected chi connectivity index (χ3v) is 8.33. The van der Waals surface area contributed by atoms with E-state index in [1.165, 1.54) is 6.92 Å². The quantitative estimate of drug-likeness (QED) is 0.0413. The molecule has 0 unspecified atom stereocenters. The van der Waals surface area contributed by atoms with Crippen LogP contribution in [0.4, 0.5) is 0 Å². The summed E-state index contributed by atoms with van der Waals surface area (Å²) in [4.78, 5) is 125. The number of nitrogens with one attached hydrogen (secondary N) is 9. The van der Waals surface area contributed by atoms with Crippen molar-refractivity contribution in [3.8, 4) is 0 Å². The molecule has 23 heteroatoms. The topological polar surface area (TPSA) is 366 Å². The van der Waals surface area contributed by atoms with Crippen LogP contribution in [0.5, 0.6) is 0 Å². The number of hydrogen-bond donors (Lipinski definition) is 13. The number of aliphatic hydroxyl groups excluding tert-OH is 2. The zero-order valence-electron chi connectivity index (χ0n) is 34.2. The summed E-state index contributed by atoms with van der Waals surface area (Å²) < 4.78 is 0. The van der Waals surface area contributed by atoms with Crippen LogP contribution in [0, 0.1) is 11.8 Å². The van der Waals surface area contributed by atoms with E-state index in [-0.39, 0.29) is 18.8 Å². The molecule has 0 fully saturated rings. The van der Waals surface area contributed by atoms with Gasteiger partial charge in [-0.2, -0.15) is 0 Å². The third-order valence-electron chi connectivity index (χ3n) is 8.33. The van der Waals surface area contributed by atoms with E-state index in [4.69, 9.17) is 10.8 Å². The first-order chi connectivity index (χ1) is 28.2. The first kappa shape index (κ1) is 51.8. The summed E-state index contributed by atoms with van der Waals surface area (Å²) in [6.45, 7) is 3.95. The molecule has 0 bridgehead atoms. The summed E-state index contributed by atoms with van der Waals surface area (Å²) in [7, 11) is 0. The van der Waals surface area contributed by atoms with Crippen molar-refractivity contribution in [3.05, 3.63) is 35.9 Å². The van der Waals surface area contributed by atoms with Crippen LogP contribution >= 0.6 is 0 Å². The van der Waals surface area contributed by atoms with Crippen molar-refractivity contribution in [2.24, 2.45) is 17.6 Å². The normalized spacial score (nSPS) is 13.8. The van der Waals surface area contributed by atoms with E-state index < -0.39 is 141 Å². The molecule has 0 radical (unpaired) electrons. The van der Waals surface area contributed by atoms with Crippen LogP contribution in [0.3, 0.4) is 0 Å². The summed E-state index contributed by atoms with van der Waals surface area (Å²) >= 11 is 0. The summed E-state index contributed by atoms with van der Waals surface area (Å²) in [5, 5.41) is 49.9. The van der Waals surface area contributed by atoms with Gasteiger partial charge in [-0.05, 0) is 30.7 Å². The molecule has 1 rings (SSSR count). The standard InChI is InChI=1S/C37H58N10O13/c1-19(2)11-23(44-35(58)25(18-48)45-33(56)24(43-26(50)13-38)12-22-9-7-6-8-10-22)34(57)47-32(21(5)49)37(60)41-15-28(52)39-14-27(51)40-16-29(53)46-31(20(3)4)36(59)42-17-30(54)55/h6-10,19-21,23-25,31-32,48-49H,11-18,38H2,1-5H3,(H,39,52)(H,40,51)(H,41,60)(H,42,59)(H,43,50)(H,44,58)(H,45,56)(H,46,53)(H,47,57)(H,54,55)/t21-,23+,24+,25+,31+,32+/m1/s1. The lowest BCUT2D eigenvalue weighted by molar-refractivity contribution is -0.138. The number of carboxylic acid groups (broad SMARTS) is 1. The zero-order valence-corrected chi connectivity index (χ0v) is 34.2. The van der Waals surface area contributed by atoms with Crippen molar-refractivity contribution in [3.63, 3.8) is 0 Å². The van der Waals surface area contributed by atoms with Crippen molar-refractivity contribution in [2.45, 2.75) is 83.8 Å². The van der Waals surface area contributed by atoms with Crippen molar-refractivity contribution < 1.29 is 63.3 Å². The molecule has 9 amide bonds. The van der Waals surface area contributed by atoms with Gasteiger partial charge in [0.15, 0.2) is 0 Å². The van der Waals surface area contributed by atoms with E-state index in [0.717, 1.165) is 0 Å². The van der Waals surface area contributed by atoms with Crippen LogP contribution in [0.15, 0.2) is 30.3 Å². The van der Waals surface area contributed by atoms with Gasteiger partial charge >= 0.3 is 5.97 Å². The van der Waals surface area contributed by atoms with Crippen LogP contribution in [0.2, 0.25) is 0 Å². The van der Waals surface area contributed by atoms with Crippen molar-refractivity contribution in [1.82, 2.24) is 47.9 Å². The number of amides is 9. The highest BCUT2D eigenvalue weighted by molar-refractivity contribution is 5.97. The SMILES string of the molecule is CC(C)C[C@H](NC(=O)[C@H](CO)NC(=O)[C@H](Cc1ccccc1)NC(=O)CN)C(=O)N[C@H](C(=O)NCC(=O)NCC(=O)NCC(=O)N[C@H](C(=O)NCC(=O)O)C(C)C)[C@@H](C)O. The predicted molar refractivity (Wildman–Crippen MR) is 212 cm³/mol. The molecule has 1 aromatic carbocycles. The van der Waals surface area contributed by atoms with Gasteiger partial charge in [0.2, 0.25) is 53.2 Å². The minimum atomic E-state index is -1.64. The van der Waals surface area contributed by atoms with Gasteiger partial charge in [-0.25, -0.2) is 0 Å². The van der Waals surface area contributed by atoms with E-state index in [0.29, 0.717) is 5.56 Å². The summed E-state index contributed by atoms with van der Waals surface area (Å²) in [6, 6.07) is 1.82. The maximum Gasteiger partial charge on any atom is 0.322 e. The number of carbonyl (C=O) groups excluding carboxylic acids is 9. The molecule has 0 spiro atoms. The molecular formula is C37H58N10O13. The van der Waals surface area contributed by atoms with Gasteiger partial charge in [-0.3, -0.25) is 47.9 Å². The second-order valence-corrected chi connectivity index (χ2v) is 14.3. The smallest absolute Gasteiger partial charge is 0.322 e. The van der Waals surface area contributed by atoms with Gasteiger partial charge in [0, 0.05) is 6.42 Å². The summed E-state index contributed by atoms with van der Waals surface area (Å²) in [6.07, 6.45) is -1.48. The van der Waals surface area contributed by atoms with E-state index >= 15 is 0 Å². The van der Waals surface area contributed by atoms with Gasteiger partial charge in [0.25, 0.3) is 0 Å². The Kier molecular flexibility index (Phi) is 23.1. The van der Waals surface area contributed by atoms with Crippen LogP contribution in [0.25, 0.3) is 0 Å². The van der Waals surface area contributed by atoms with E-state index in [1.54, 1.807) is 58.0 Å². The minimum Gasteiger partial charge on any atom is -0.480 e. The fourth-order valence-electron chi connectivity index (χ4n) is 5.21. The Labute approximate surface area is 346 Å². The predicted octanol–water partition coefficient (Wildman–Crippen LogP) is -5.76. The first-order valence-corrected chi connectivity index (χ1v) is 19.0. The van der Waals surface area contributed by atoms with Gasteiger partial charge in [0.1, 0.15) is 36.8 Å². The van der Waals surface area contributed by atoms with Gasteiger partial charge in [-0.15, -0.1) is 0 Å². The molecule has 334 valence electrons. The summed E-state index contributed by atoms with van der Waals surface area (Å²) in [5.41, 5.74) is 6.08. The van der Waals surface area contributed by atoms with Gasteiger partial charge in [-0.1, -0.05) is 58.0 Å². The molecular weight excluding hydrogens is 792 g/mol. The Bertz CT molecular complexity index is 1660. The number of aliphatic hydroxyl groups is 2. The Morgan fingerprint density at radius 1 is 0.567 bits per heavy atom. The number of nitrogens with two attached hydrogens (primary N) is 1. The highest BCUT2D eigenvalue weighted by Crippen LogP contribution is 2.08. The molecule has 0 aliphatic rings. The maximum absolute atomic E-state index is 13.4. The molecule has 23 nitrogen and oxygen atoms in total. The molecule has 0 aliphatic heterocycles.